The molecule has 0 spiro atoms. The van der Waals surface area contributed by atoms with Crippen molar-refractivity contribution in [1.29, 1.82) is 0 Å². The average molecular weight is 406 g/mol. The van der Waals surface area contributed by atoms with E-state index >= 15 is 0 Å². The SMILES string of the molecule is CC1CCCC(C)N1C(=O)c1cc2n(n1)C(C(F)(F)F)CC(c1ccccc1)N2. The van der Waals surface area contributed by atoms with Crippen LogP contribution in [0.5, 0.6) is 0 Å². The Balaban J connectivity index is 1.68. The Labute approximate surface area is 167 Å². The highest BCUT2D eigenvalue weighted by Crippen LogP contribution is 2.43. The highest BCUT2D eigenvalue weighted by Gasteiger charge is 2.47. The molecule has 1 amide bonds. The molecule has 0 bridgehead atoms. The van der Waals surface area contributed by atoms with Gasteiger partial charge >= 0.3 is 6.18 Å². The van der Waals surface area contributed by atoms with Gasteiger partial charge in [0.2, 0.25) is 0 Å². The third kappa shape index (κ3) is 3.72. The lowest BCUT2D eigenvalue weighted by Gasteiger charge is -2.38. The van der Waals surface area contributed by atoms with Crippen molar-refractivity contribution in [2.45, 2.75) is 69.9 Å². The summed E-state index contributed by atoms with van der Waals surface area (Å²) in [5.41, 5.74) is 0.844. The number of carbonyl (C=O) groups is 1. The molecular weight excluding hydrogens is 381 g/mol. The first-order valence-electron chi connectivity index (χ1n) is 10.1. The first-order chi connectivity index (χ1) is 13.8. The van der Waals surface area contributed by atoms with Crippen LogP contribution in [0.3, 0.4) is 0 Å². The molecule has 8 heteroatoms. The van der Waals surface area contributed by atoms with E-state index in [2.05, 4.69) is 10.4 Å². The molecule has 4 rings (SSSR count). The second kappa shape index (κ2) is 7.39. The van der Waals surface area contributed by atoms with E-state index in [0.717, 1.165) is 29.5 Å². The van der Waals surface area contributed by atoms with Crippen LogP contribution >= 0.6 is 0 Å². The zero-order valence-corrected chi connectivity index (χ0v) is 16.5. The van der Waals surface area contributed by atoms with Gasteiger partial charge in [0.25, 0.3) is 5.91 Å². The summed E-state index contributed by atoms with van der Waals surface area (Å²) in [5.74, 6) is -0.0707. The normalized spacial score (nSPS) is 27.3. The minimum absolute atomic E-state index is 0.0495. The Bertz CT molecular complexity index is 870. The molecular formula is C21H25F3N4O. The molecule has 29 heavy (non-hydrogen) atoms. The summed E-state index contributed by atoms with van der Waals surface area (Å²) in [6.45, 7) is 3.96. The second-order valence-electron chi connectivity index (χ2n) is 8.10. The molecule has 0 saturated carbocycles. The molecule has 1 N–H and O–H groups in total. The van der Waals surface area contributed by atoms with Gasteiger partial charge in [-0.1, -0.05) is 30.3 Å². The number of aromatic nitrogens is 2. The van der Waals surface area contributed by atoms with Crippen LogP contribution in [0.1, 0.15) is 67.7 Å². The highest BCUT2D eigenvalue weighted by atomic mass is 19.4. The molecule has 156 valence electrons. The van der Waals surface area contributed by atoms with Gasteiger partial charge in [0.1, 0.15) is 5.82 Å². The summed E-state index contributed by atoms with van der Waals surface area (Å²) < 4.78 is 42.4. The lowest BCUT2D eigenvalue weighted by atomic mass is 9.97. The number of hydrogen-bond acceptors (Lipinski definition) is 3. The van der Waals surface area contributed by atoms with E-state index in [9.17, 15) is 18.0 Å². The molecule has 1 aromatic heterocycles. The Morgan fingerprint density at radius 1 is 1.14 bits per heavy atom. The summed E-state index contributed by atoms with van der Waals surface area (Å²) in [6, 6.07) is 8.34. The molecule has 2 aliphatic heterocycles. The minimum atomic E-state index is -4.46. The fourth-order valence-corrected chi connectivity index (χ4v) is 4.54. The van der Waals surface area contributed by atoms with Gasteiger partial charge in [-0.15, -0.1) is 0 Å². The molecule has 3 heterocycles. The zero-order valence-electron chi connectivity index (χ0n) is 16.5. The summed E-state index contributed by atoms with van der Waals surface area (Å²) >= 11 is 0. The quantitative estimate of drug-likeness (QED) is 0.768. The van der Waals surface area contributed by atoms with Gasteiger partial charge in [0.15, 0.2) is 11.7 Å². The topological polar surface area (TPSA) is 50.2 Å². The van der Waals surface area contributed by atoms with Crippen molar-refractivity contribution >= 4 is 11.7 Å². The molecule has 0 aliphatic carbocycles. The van der Waals surface area contributed by atoms with E-state index in [1.807, 2.05) is 19.9 Å². The van der Waals surface area contributed by atoms with Crippen molar-refractivity contribution in [1.82, 2.24) is 14.7 Å². The number of piperidine rings is 1. The van der Waals surface area contributed by atoms with E-state index in [1.165, 1.54) is 6.07 Å². The maximum Gasteiger partial charge on any atom is 0.410 e. The number of anilines is 1. The van der Waals surface area contributed by atoms with Crippen molar-refractivity contribution in [2.24, 2.45) is 0 Å². The van der Waals surface area contributed by atoms with Crippen LogP contribution < -0.4 is 5.32 Å². The third-order valence-electron chi connectivity index (χ3n) is 6.04. The smallest absolute Gasteiger partial charge is 0.363 e. The number of alkyl halides is 3. The van der Waals surface area contributed by atoms with Gasteiger partial charge in [-0.05, 0) is 38.7 Å². The standard InChI is InChI=1S/C21H25F3N4O/c1-13-7-6-8-14(2)27(13)20(29)17-12-19-25-16(15-9-4-3-5-10-15)11-18(21(22,23)24)28(19)26-17/h3-5,9-10,12-14,16,18,25H,6-8,11H2,1-2H3. The van der Waals surface area contributed by atoms with Gasteiger partial charge < -0.3 is 10.2 Å². The Morgan fingerprint density at radius 2 is 1.79 bits per heavy atom. The zero-order chi connectivity index (χ0) is 20.8. The average Bonchev–Trinajstić information content (AvgIpc) is 3.11. The van der Waals surface area contributed by atoms with Crippen molar-refractivity contribution in [2.75, 3.05) is 5.32 Å². The summed E-state index contributed by atoms with van der Waals surface area (Å²) in [6.07, 6.45) is -1.80. The Hall–Kier alpha value is -2.51. The van der Waals surface area contributed by atoms with Crippen LogP contribution in [0.25, 0.3) is 0 Å². The van der Waals surface area contributed by atoms with E-state index in [0.29, 0.717) is 0 Å². The van der Waals surface area contributed by atoms with Crippen LogP contribution in [-0.4, -0.2) is 38.8 Å². The molecule has 2 aliphatic rings. The number of halogens is 3. The Kier molecular flexibility index (Phi) is 5.04. The van der Waals surface area contributed by atoms with Crippen LogP contribution in [0.15, 0.2) is 36.4 Å². The third-order valence-corrected chi connectivity index (χ3v) is 6.04. The summed E-state index contributed by atoms with van der Waals surface area (Å²) in [5, 5.41) is 7.26. The van der Waals surface area contributed by atoms with Gasteiger partial charge in [0.05, 0.1) is 6.04 Å². The number of carbonyl (C=O) groups excluding carboxylic acids is 1. The van der Waals surface area contributed by atoms with Crippen LogP contribution in [0.2, 0.25) is 0 Å². The van der Waals surface area contributed by atoms with E-state index < -0.39 is 18.3 Å². The van der Waals surface area contributed by atoms with Gasteiger partial charge in [-0.25, -0.2) is 4.68 Å². The van der Waals surface area contributed by atoms with Gasteiger partial charge in [-0.2, -0.15) is 18.3 Å². The van der Waals surface area contributed by atoms with E-state index in [-0.39, 0.29) is 35.9 Å². The van der Waals surface area contributed by atoms with E-state index in [1.54, 1.807) is 29.2 Å². The molecule has 0 radical (unpaired) electrons. The lowest BCUT2D eigenvalue weighted by molar-refractivity contribution is -0.173. The number of fused-ring (bicyclic) bond motifs is 1. The number of likely N-dealkylation sites (tertiary alicyclic amines) is 1. The maximum atomic E-state index is 13.8. The highest BCUT2D eigenvalue weighted by molar-refractivity contribution is 5.93. The maximum absolute atomic E-state index is 13.8. The van der Waals surface area contributed by atoms with Crippen LogP contribution in [-0.2, 0) is 0 Å². The predicted molar refractivity (Wildman–Crippen MR) is 104 cm³/mol. The second-order valence-corrected chi connectivity index (χ2v) is 8.10. The number of hydrogen-bond donors (Lipinski definition) is 1. The van der Waals surface area contributed by atoms with Crippen molar-refractivity contribution in [3.05, 3.63) is 47.7 Å². The van der Waals surface area contributed by atoms with E-state index in [4.69, 9.17) is 0 Å². The van der Waals surface area contributed by atoms with Gasteiger partial charge in [-0.3, -0.25) is 4.79 Å². The first-order valence-corrected chi connectivity index (χ1v) is 10.1. The molecule has 1 saturated heterocycles. The molecule has 1 fully saturated rings. The largest absolute Gasteiger partial charge is 0.410 e. The number of amides is 1. The van der Waals surface area contributed by atoms with Crippen LogP contribution in [0.4, 0.5) is 19.0 Å². The van der Waals surface area contributed by atoms with Crippen molar-refractivity contribution in [3.63, 3.8) is 0 Å². The van der Waals surface area contributed by atoms with Crippen molar-refractivity contribution < 1.29 is 18.0 Å². The number of rotatable bonds is 2. The predicted octanol–water partition coefficient (Wildman–Crippen LogP) is 4.95. The number of nitrogens with one attached hydrogen (secondary N) is 1. The molecule has 5 nitrogen and oxygen atoms in total. The molecule has 2 aromatic rings. The summed E-state index contributed by atoms with van der Waals surface area (Å²) in [4.78, 5) is 14.8. The molecule has 1 aromatic carbocycles. The fourth-order valence-electron chi connectivity index (χ4n) is 4.54. The lowest BCUT2D eigenvalue weighted by Crippen LogP contribution is -2.47. The van der Waals surface area contributed by atoms with Crippen LogP contribution in [0, 0.1) is 0 Å². The first kappa shape index (κ1) is 19.8. The Morgan fingerprint density at radius 3 is 2.41 bits per heavy atom. The monoisotopic (exact) mass is 406 g/mol. The molecule has 4 atom stereocenters. The summed E-state index contributed by atoms with van der Waals surface area (Å²) in [7, 11) is 0. The van der Waals surface area contributed by atoms with Gasteiger partial charge in [0, 0.05) is 24.6 Å². The van der Waals surface area contributed by atoms with Crippen molar-refractivity contribution in [3.8, 4) is 0 Å². The fraction of sp³-hybridized carbons (Fsp3) is 0.524. The number of nitrogens with zero attached hydrogens (tertiary/aromatic N) is 3. The minimum Gasteiger partial charge on any atom is -0.363 e. The number of benzene rings is 1. The molecule has 4 unspecified atom stereocenters.